The number of hydrogen-bond acceptors (Lipinski definition) is 4. The Hall–Kier alpha value is -1.07. The van der Waals surface area contributed by atoms with Crippen molar-refractivity contribution < 1.29 is 9.53 Å². The Labute approximate surface area is 119 Å². The standard InChI is InChI=1S/C13H22ClN3O2/c1-6-17-11(13(14)10(4)15-17)7-16(9(2)3)8-12(18)19-5/h9H,6-8H2,1-5H3. The van der Waals surface area contributed by atoms with Gasteiger partial charge in [0.05, 0.1) is 30.1 Å². The van der Waals surface area contributed by atoms with Gasteiger partial charge in [0.2, 0.25) is 0 Å². The molecule has 108 valence electrons. The van der Waals surface area contributed by atoms with E-state index in [0.717, 1.165) is 17.9 Å². The molecule has 0 bridgehead atoms. The normalized spacial score (nSPS) is 11.4. The first-order chi connectivity index (χ1) is 8.90. The SMILES string of the molecule is CCn1nc(C)c(Cl)c1CN(CC(=O)OC)C(C)C. The Morgan fingerprint density at radius 3 is 2.63 bits per heavy atom. The average molecular weight is 288 g/mol. The summed E-state index contributed by atoms with van der Waals surface area (Å²) in [6.07, 6.45) is 0. The van der Waals surface area contributed by atoms with Crippen LogP contribution in [0.25, 0.3) is 0 Å². The maximum absolute atomic E-state index is 11.4. The highest BCUT2D eigenvalue weighted by Gasteiger charge is 2.20. The minimum Gasteiger partial charge on any atom is -0.468 e. The van der Waals surface area contributed by atoms with E-state index in [4.69, 9.17) is 16.3 Å². The van der Waals surface area contributed by atoms with Crippen LogP contribution in [0.5, 0.6) is 0 Å². The van der Waals surface area contributed by atoms with Crippen LogP contribution >= 0.6 is 11.6 Å². The fraction of sp³-hybridized carbons (Fsp3) is 0.692. The molecule has 0 saturated carbocycles. The summed E-state index contributed by atoms with van der Waals surface area (Å²) in [6.45, 7) is 9.57. The van der Waals surface area contributed by atoms with Gasteiger partial charge in [0.25, 0.3) is 0 Å². The van der Waals surface area contributed by atoms with Gasteiger partial charge in [-0.1, -0.05) is 11.6 Å². The van der Waals surface area contributed by atoms with Crippen molar-refractivity contribution in [1.82, 2.24) is 14.7 Å². The van der Waals surface area contributed by atoms with Gasteiger partial charge < -0.3 is 4.74 Å². The van der Waals surface area contributed by atoms with Crippen molar-refractivity contribution in [1.29, 1.82) is 0 Å². The van der Waals surface area contributed by atoms with E-state index in [1.54, 1.807) is 0 Å². The largest absolute Gasteiger partial charge is 0.468 e. The highest BCUT2D eigenvalue weighted by atomic mass is 35.5. The smallest absolute Gasteiger partial charge is 0.319 e. The molecule has 6 heteroatoms. The van der Waals surface area contributed by atoms with E-state index in [2.05, 4.69) is 5.10 Å². The van der Waals surface area contributed by atoms with Crippen LogP contribution < -0.4 is 0 Å². The number of hydrogen-bond donors (Lipinski definition) is 0. The highest BCUT2D eigenvalue weighted by molar-refractivity contribution is 6.31. The Bertz CT molecular complexity index is 443. The molecule has 0 N–H and O–H groups in total. The molecule has 0 saturated heterocycles. The molecular weight excluding hydrogens is 266 g/mol. The van der Waals surface area contributed by atoms with Gasteiger partial charge in [0.15, 0.2) is 0 Å². The highest BCUT2D eigenvalue weighted by Crippen LogP contribution is 2.22. The van der Waals surface area contributed by atoms with Crippen LogP contribution in [-0.2, 0) is 22.6 Å². The van der Waals surface area contributed by atoms with Crippen LogP contribution in [0.2, 0.25) is 5.02 Å². The molecule has 0 radical (unpaired) electrons. The lowest BCUT2D eigenvalue weighted by molar-refractivity contribution is -0.142. The quantitative estimate of drug-likeness (QED) is 0.753. The summed E-state index contributed by atoms with van der Waals surface area (Å²) in [5, 5.41) is 5.06. The molecule has 0 spiro atoms. The fourth-order valence-electron chi connectivity index (χ4n) is 1.86. The predicted octanol–water partition coefficient (Wildman–Crippen LogP) is 2.25. The first-order valence-corrected chi connectivity index (χ1v) is 6.81. The molecule has 1 aromatic heterocycles. The van der Waals surface area contributed by atoms with Crippen molar-refractivity contribution in [2.45, 2.75) is 46.8 Å². The van der Waals surface area contributed by atoms with Crippen LogP contribution in [-0.4, -0.2) is 40.3 Å². The van der Waals surface area contributed by atoms with Gasteiger partial charge in [-0.15, -0.1) is 0 Å². The van der Waals surface area contributed by atoms with Gasteiger partial charge in [0.1, 0.15) is 0 Å². The van der Waals surface area contributed by atoms with Crippen LogP contribution in [0.15, 0.2) is 0 Å². The van der Waals surface area contributed by atoms with Crippen molar-refractivity contribution in [3.63, 3.8) is 0 Å². The topological polar surface area (TPSA) is 47.4 Å². The number of esters is 1. The monoisotopic (exact) mass is 287 g/mol. The molecule has 0 fully saturated rings. The van der Waals surface area contributed by atoms with Crippen molar-refractivity contribution in [3.05, 3.63) is 16.4 Å². The molecule has 1 rings (SSSR count). The molecule has 0 aliphatic rings. The van der Waals surface area contributed by atoms with Crippen LogP contribution in [0.4, 0.5) is 0 Å². The average Bonchev–Trinajstić information content (AvgIpc) is 2.64. The van der Waals surface area contributed by atoms with Crippen molar-refractivity contribution in [2.75, 3.05) is 13.7 Å². The molecule has 0 aliphatic heterocycles. The van der Waals surface area contributed by atoms with Crippen LogP contribution in [0.3, 0.4) is 0 Å². The van der Waals surface area contributed by atoms with Crippen molar-refractivity contribution in [2.24, 2.45) is 0 Å². The van der Waals surface area contributed by atoms with E-state index in [1.807, 2.05) is 37.3 Å². The molecule has 0 aliphatic carbocycles. The van der Waals surface area contributed by atoms with Gasteiger partial charge in [0, 0.05) is 19.1 Å². The Morgan fingerprint density at radius 2 is 2.16 bits per heavy atom. The maximum atomic E-state index is 11.4. The van der Waals surface area contributed by atoms with Gasteiger partial charge in [-0.05, 0) is 27.7 Å². The zero-order valence-corrected chi connectivity index (χ0v) is 13.0. The second-order valence-corrected chi connectivity index (χ2v) is 5.11. The van der Waals surface area contributed by atoms with E-state index in [1.165, 1.54) is 7.11 Å². The molecule has 1 heterocycles. The molecule has 0 aromatic carbocycles. The first kappa shape index (κ1) is 16.0. The number of carbonyl (C=O) groups excluding carboxylic acids is 1. The van der Waals surface area contributed by atoms with E-state index in [9.17, 15) is 4.79 Å². The van der Waals surface area contributed by atoms with Gasteiger partial charge in [-0.25, -0.2) is 0 Å². The Balaban J connectivity index is 2.93. The zero-order chi connectivity index (χ0) is 14.6. The summed E-state index contributed by atoms with van der Waals surface area (Å²) in [5.41, 5.74) is 1.76. The number of ether oxygens (including phenoxy) is 1. The fourth-order valence-corrected chi connectivity index (χ4v) is 2.06. The third-order valence-electron chi connectivity index (χ3n) is 3.10. The van der Waals surface area contributed by atoms with Crippen LogP contribution in [0.1, 0.15) is 32.2 Å². The number of nitrogens with zero attached hydrogens (tertiary/aromatic N) is 3. The number of rotatable bonds is 6. The van der Waals surface area contributed by atoms with Crippen LogP contribution in [0, 0.1) is 6.92 Å². The second kappa shape index (κ2) is 6.91. The molecule has 1 aromatic rings. The van der Waals surface area contributed by atoms with E-state index in [-0.39, 0.29) is 18.6 Å². The number of aryl methyl sites for hydroxylation is 2. The Morgan fingerprint density at radius 1 is 1.53 bits per heavy atom. The third kappa shape index (κ3) is 3.94. The molecule has 0 unspecified atom stereocenters. The molecule has 0 atom stereocenters. The van der Waals surface area contributed by atoms with Crippen molar-refractivity contribution in [3.8, 4) is 0 Å². The lowest BCUT2D eigenvalue weighted by atomic mass is 10.2. The molecule has 0 amide bonds. The summed E-state index contributed by atoms with van der Waals surface area (Å²) in [6, 6.07) is 0.218. The van der Waals surface area contributed by atoms with Gasteiger partial charge in [-0.3, -0.25) is 14.4 Å². The molecule has 19 heavy (non-hydrogen) atoms. The summed E-state index contributed by atoms with van der Waals surface area (Å²) in [4.78, 5) is 13.5. The lowest BCUT2D eigenvalue weighted by Gasteiger charge is -2.25. The number of carbonyl (C=O) groups is 1. The van der Waals surface area contributed by atoms with E-state index in [0.29, 0.717) is 11.6 Å². The number of halogens is 1. The summed E-state index contributed by atoms with van der Waals surface area (Å²) in [7, 11) is 1.40. The van der Waals surface area contributed by atoms with Crippen molar-refractivity contribution >= 4 is 17.6 Å². The summed E-state index contributed by atoms with van der Waals surface area (Å²) >= 11 is 6.29. The van der Waals surface area contributed by atoms with Gasteiger partial charge >= 0.3 is 5.97 Å². The second-order valence-electron chi connectivity index (χ2n) is 4.74. The number of aromatic nitrogens is 2. The first-order valence-electron chi connectivity index (χ1n) is 6.43. The molecule has 5 nitrogen and oxygen atoms in total. The van der Waals surface area contributed by atoms with E-state index < -0.39 is 0 Å². The summed E-state index contributed by atoms with van der Waals surface area (Å²) < 4.78 is 6.60. The Kier molecular flexibility index (Phi) is 5.82. The lowest BCUT2D eigenvalue weighted by Crippen LogP contribution is -2.36. The van der Waals surface area contributed by atoms with Gasteiger partial charge in [-0.2, -0.15) is 5.10 Å². The zero-order valence-electron chi connectivity index (χ0n) is 12.2. The predicted molar refractivity (Wildman–Crippen MR) is 75.2 cm³/mol. The third-order valence-corrected chi connectivity index (χ3v) is 3.59. The summed E-state index contributed by atoms with van der Waals surface area (Å²) in [5.74, 6) is -0.246. The van der Waals surface area contributed by atoms with E-state index >= 15 is 0 Å². The maximum Gasteiger partial charge on any atom is 0.319 e. The minimum atomic E-state index is -0.246. The minimum absolute atomic E-state index is 0.218. The number of methoxy groups -OCH3 is 1. The molecular formula is C13H22ClN3O2.